The Morgan fingerprint density at radius 1 is 1.27 bits per heavy atom. The Morgan fingerprint density at radius 3 is 2.38 bits per heavy atom. The quantitative estimate of drug-likeness (QED) is 0.595. The van der Waals surface area contributed by atoms with Crippen molar-refractivity contribution >= 4 is 34.9 Å². The number of nitrogens with zero attached hydrogens (tertiary/aromatic N) is 2. The van der Waals surface area contributed by atoms with Crippen molar-refractivity contribution in [2.75, 3.05) is 30.9 Å². The van der Waals surface area contributed by atoms with Crippen molar-refractivity contribution in [2.45, 2.75) is 23.8 Å². The van der Waals surface area contributed by atoms with E-state index < -0.39 is 17.5 Å². The number of anilines is 2. The van der Waals surface area contributed by atoms with Crippen molar-refractivity contribution in [3.63, 3.8) is 0 Å². The fourth-order valence-corrected chi connectivity index (χ4v) is 3.77. The average Bonchev–Trinajstić information content (AvgIpc) is 3.11. The van der Waals surface area contributed by atoms with Crippen LogP contribution in [0.15, 0.2) is 17.0 Å². The number of aromatic nitrogens is 2. The van der Waals surface area contributed by atoms with E-state index in [1.54, 1.807) is 13.2 Å². The summed E-state index contributed by atoms with van der Waals surface area (Å²) in [5.74, 6) is -0.925. The summed E-state index contributed by atoms with van der Waals surface area (Å²) in [7, 11) is 0. The van der Waals surface area contributed by atoms with Crippen LogP contribution in [0.4, 0.5) is 24.7 Å². The number of benzene rings is 1. The van der Waals surface area contributed by atoms with E-state index in [2.05, 4.69) is 5.10 Å². The van der Waals surface area contributed by atoms with Gasteiger partial charge in [-0.15, -0.1) is 11.8 Å². The zero-order valence-corrected chi connectivity index (χ0v) is 15.4. The lowest BCUT2D eigenvalue weighted by Crippen LogP contribution is -2.24. The Labute approximate surface area is 156 Å². The molecule has 1 saturated heterocycles. The van der Waals surface area contributed by atoms with Gasteiger partial charge in [0, 0.05) is 0 Å². The Hall–Kier alpha value is -1.62. The van der Waals surface area contributed by atoms with Crippen LogP contribution in [-0.2, 0) is 21.4 Å². The molecule has 6 nitrogen and oxygen atoms in total. The fourth-order valence-electron chi connectivity index (χ4n) is 2.74. The molecule has 0 bridgehead atoms. The topological polar surface area (TPSA) is 88.3 Å². The lowest BCUT2D eigenvalue weighted by molar-refractivity contribution is -0.154. The van der Waals surface area contributed by atoms with Crippen LogP contribution < -0.4 is 11.5 Å². The third kappa shape index (κ3) is 3.11. The first-order valence-electron chi connectivity index (χ1n) is 7.46. The van der Waals surface area contributed by atoms with E-state index in [0.717, 1.165) is 12.1 Å². The van der Waals surface area contributed by atoms with Crippen molar-refractivity contribution in [1.82, 2.24) is 9.78 Å². The molecule has 2 aromatic rings. The van der Waals surface area contributed by atoms with Crippen molar-refractivity contribution in [3.05, 3.63) is 28.4 Å². The van der Waals surface area contributed by atoms with Gasteiger partial charge in [0.2, 0.25) is 5.79 Å². The van der Waals surface area contributed by atoms with E-state index >= 15 is 0 Å². The molecule has 0 aliphatic carbocycles. The summed E-state index contributed by atoms with van der Waals surface area (Å²) in [6.45, 7) is 2.48. The summed E-state index contributed by atoms with van der Waals surface area (Å²) in [6.07, 6.45) is -2.78. The molecule has 0 saturated carbocycles. The maximum Gasteiger partial charge on any atom is 0.416 e. The van der Waals surface area contributed by atoms with E-state index in [-0.39, 0.29) is 22.2 Å². The SMILES string of the molecule is CSc1c(C2(C)OCCO2)nn(-c2c(N)cc(C(F)(F)F)cc2Cl)c1N. The minimum absolute atomic E-state index is 0.0697. The molecule has 1 aliphatic heterocycles. The fraction of sp³-hybridized carbons (Fsp3) is 0.400. The van der Waals surface area contributed by atoms with E-state index in [1.807, 2.05) is 0 Å². The van der Waals surface area contributed by atoms with E-state index in [9.17, 15) is 13.2 Å². The van der Waals surface area contributed by atoms with Crippen LogP contribution in [0.3, 0.4) is 0 Å². The summed E-state index contributed by atoms with van der Waals surface area (Å²) in [5, 5.41) is 4.17. The smallest absolute Gasteiger partial charge is 0.397 e. The number of rotatable bonds is 3. The molecule has 0 unspecified atom stereocenters. The highest BCUT2D eigenvalue weighted by Crippen LogP contribution is 2.42. The molecule has 2 heterocycles. The molecular weight excluding hydrogens is 393 g/mol. The lowest BCUT2D eigenvalue weighted by atomic mass is 10.1. The molecule has 142 valence electrons. The lowest BCUT2D eigenvalue weighted by Gasteiger charge is -2.20. The van der Waals surface area contributed by atoms with Crippen LogP contribution in [0.1, 0.15) is 18.2 Å². The zero-order chi connectivity index (χ0) is 19.3. The Kier molecular flexibility index (Phi) is 4.80. The zero-order valence-electron chi connectivity index (χ0n) is 13.9. The molecule has 4 N–H and O–H groups in total. The normalized spacial score (nSPS) is 17.0. The van der Waals surface area contributed by atoms with Gasteiger partial charge < -0.3 is 20.9 Å². The third-order valence-corrected chi connectivity index (χ3v) is 5.08. The molecule has 1 aromatic carbocycles. The van der Waals surface area contributed by atoms with Crippen LogP contribution in [-0.4, -0.2) is 29.3 Å². The molecule has 1 aromatic heterocycles. The standard InChI is InChI=1S/C15H16ClF3N4O2S/c1-14(24-3-4-25-14)12-11(26-2)13(21)23(22-12)10-8(16)5-7(6-9(10)20)15(17,18)19/h5-6H,3-4,20-21H2,1-2H3. The highest BCUT2D eigenvalue weighted by molar-refractivity contribution is 7.98. The highest BCUT2D eigenvalue weighted by atomic mass is 35.5. The van der Waals surface area contributed by atoms with Crippen molar-refractivity contribution in [1.29, 1.82) is 0 Å². The second-order valence-electron chi connectivity index (χ2n) is 5.72. The maximum atomic E-state index is 12.9. The summed E-state index contributed by atoms with van der Waals surface area (Å²) in [4.78, 5) is 0.574. The second kappa shape index (κ2) is 6.52. The van der Waals surface area contributed by atoms with Gasteiger partial charge in [0.15, 0.2) is 0 Å². The van der Waals surface area contributed by atoms with Gasteiger partial charge in [0.25, 0.3) is 0 Å². The van der Waals surface area contributed by atoms with Gasteiger partial charge in [0.05, 0.1) is 34.4 Å². The summed E-state index contributed by atoms with van der Waals surface area (Å²) < 4.78 is 51.3. The molecule has 0 spiro atoms. The minimum atomic E-state index is -4.57. The molecule has 1 fully saturated rings. The van der Waals surface area contributed by atoms with Crippen molar-refractivity contribution < 1.29 is 22.6 Å². The number of thioether (sulfide) groups is 1. The molecule has 0 radical (unpaired) electrons. The number of alkyl halides is 3. The van der Waals surface area contributed by atoms with Gasteiger partial charge in [-0.05, 0) is 25.3 Å². The first-order valence-corrected chi connectivity index (χ1v) is 9.06. The Balaban J connectivity index is 2.18. The highest BCUT2D eigenvalue weighted by Gasteiger charge is 2.40. The van der Waals surface area contributed by atoms with Gasteiger partial charge >= 0.3 is 6.18 Å². The summed E-state index contributed by atoms with van der Waals surface area (Å²) in [6, 6.07) is 1.59. The molecule has 0 atom stereocenters. The van der Waals surface area contributed by atoms with Crippen LogP contribution in [0.25, 0.3) is 5.69 Å². The van der Waals surface area contributed by atoms with E-state index in [0.29, 0.717) is 23.8 Å². The summed E-state index contributed by atoms with van der Waals surface area (Å²) in [5.41, 5.74) is 11.3. The van der Waals surface area contributed by atoms with E-state index in [1.165, 1.54) is 16.4 Å². The van der Waals surface area contributed by atoms with Crippen LogP contribution in [0.5, 0.6) is 0 Å². The number of ether oxygens (including phenoxy) is 2. The average molecular weight is 409 g/mol. The maximum absolute atomic E-state index is 12.9. The monoisotopic (exact) mass is 408 g/mol. The second-order valence-corrected chi connectivity index (χ2v) is 6.94. The van der Waals surface area contributed by atoms with E-state index in [4.69, 9.17) is 32.5 Å². The van der Waals surface area contributed by atoms with Crippen molar-refractivity contribution in [3.8, 4) is 5.69 Å². The molecular formula is C15H16ClF3N4O2S. The van der Waals surface area contributed by atoms with Gasteiger partial charge in [-0.2, -0.15) is 18.3 Å². The predicted octanol–water partition coefficient (Wildman–Crippen LogP) is 3.65. The first kappa shape index (κ1) is 19.2. The number of nitrogen functional groups attached to an aromatic ring is 2. The molecule has 3 rings (SSSR count). The van der Waals surface area contributed by atoms with Gasteiger partial charge in [0.1, 0.15) is 17.2 Å². The predicted molar refractivity (Wildman–Crippen MR) is 93.4 cm³/mol. The Bertz CT molecular complexity index is 827. The van der Waals surface area contributed by atoms with Crippen molar-refractivity contribution in [2.24, 2.45) is 0 Å². The first-order chi connectivity index (χ1) is 12.1. The van der Waals surface area contributed by atoms with Crippen LogP contribution in [0, 0.1) is 0 Å². The van der Waals surface area contributed by atoms with Gasteiger partial charge in [-0.1, -0.05) is 11.6 Å². The van der Waals surface area contributed by atoms with Gasteiger partial charge in [-0.25, -0.2) is 4.68 Å². The Morgan fingerprint density at radius 2 is 1.88 bits per heavy atom. The minimum Gasteiger partial charge on any atom is -0.397 e. The number of hydrogen-bond donors (Lipinski definition) is 2. The number of nitrogens with two attached hydrogens (primary N) is 2. The molecule has 1 aliphatic rings. The van der Waals surface area contributed by atoms with Crippen LogP contribution >= 0.6 is 23.4 Å². The molecule has 11 heteroatoms. The summed E-state index contributed by atoms with van der Waals surface area (Å²) >= 11 is 7.39. The molecule has 0 amide bonds. The molecule has 26 heavy (non-hydrogen) atoms. The van der Waals surface area contributed by atoms with Crippen LogP contribution in [0.2, 0.25) is 5.02 Å². The van der Waals surface area contributed by atoms with Gasteiger partial charge in [-0.3, -0.25) is 0 Å². The largest absolute Gasteiger partial charge is 0.416 e. The third-order valence-electron chi connectivity index (χ3n) is 3.98. The number of halogens is 4. The number of hydrogen-bond acceptors (Lipinski definition) is 6.